The maximum absolute atomic E-state index is 12.3. The summed E-state index contributed by atoms with van der Waals surface area (Å²) in [7, 11) is 0. The first-order chi connectivity index (χ1) is 9.55. The third kappa shape index (κ3) is 5.22. The smallest absolute Gasteiger partial charge is 0.351 e. The van der Waals surface area contributed by atoms with E-state index in [4.69, 9.17) is 0 Å². The standard InChI is InChI=1S/C12H10BrF6NO/c13-5-7-1-3-8(4-2-7)6-20-10(21)9(11(14,15)16)12(17,18)19/h1-4,9H,5-6H2,(H,20,21). The molecule has 0 aliphatic carbocycles. The van der Waals surface area contributed by atoms with Gasteiger partial charge in [0.15, 0.2) is 0 Å². The second-order valence-corrected chi connectivity index (χ2v) is 4.74. The minimum absolute atomic E-state index is 0.399. The van der Waals surface area contributed by atoms with Crippen molar-refractivity contribution >= 4 is 21.8 Å². The van der Waals surface area contributed by atoms with Gasteiger partial charge in [0.25, 0.3) is 0 Å². The lowest BCUT2D eigenvalue weighted by Gasteiger charge is -2.22. The third-order valence-corrected chi connectivity index (χ3v) is 3.21. The van der Waals surface area contributed by atoms with Crippen molar-refractivity contribution in [2.24, 2.45) is 5.92 Å². The summed E-state index contributed by atoms with van der Waals surface area (Å²) in [5, 5.41) is 2.22. The maximum atomic E-state index is 12.3. The summed E-state index contributed by atoms with van der Waals surface area (Å²) in [6.07, 6.45) is -11.4. The van der Waals surface area contributed by atoms with Gasteiger partial charge in [0.2, 0.25) is 11.8 Å². The minimum Gasteiger partial charge on any atom is -0.351 e. The molecule has 0 saturated carbocycles. The molecule has 0 aromatic heterocycles. The summed E-state index contributed by atoms with van der Waals surface area (Å²) in [5.41, 5.74) is 1.28. The van der Waals surface area contributed by atoms with Crippen LogP contribution >= 0.6 is 15.9 Å². The minimum atomic E-state index is -5.68. The lowest BCUT2D eigenvalue weighted by molar-refractivity contribution is -0.274. The molecule has 1 aromatic rings. The Morgan fingerprint density at radius 3 is 1.81 bits per heavy atom. The van der Waals surface area contributed by atoms with Crippen molar-refractivity contribution in [3.63, 3.8) is 0 Å². The lowest BCUT2D eigenvalue weighted by atomic mass is 10.1. The fraction of sp³-hybridized carbons (Fsp3) is 0.417. The summed E-state index contributed by atoms with van der Waals surface area (Å²) in [6.45, 7) is -0.413. The van der Waals surface area contributed by atoms with Crippen molar-refractivity contribution in [2.75, 3.05) is 0 Å². The predicted octanol–water partition coefficient (Wildman–Crippen LogP) is 3.94. The zero-order valence-corrected chi connectivity index (χ0v) is 11.9. The van der Waals surface area contributed by atoms with Crippen molar-refractivity contribution in [1.82, 2.24) is 5.32 Å². The van der Waals surface area contributed by atoms with E-state index in [1.165, 1.54) is 12.1 Å². The molecule has 9 heteroatoms. The van der Waals surface area contributed by atoms with Crippen molar-refractivity contribution in [3.05, 3.63) is 35.4 Å². The van der Waals surface area contributed by atoms with Crippen LogP contribution in [0, 0.1) is 5.92 Å². The van der Waals surface area contributed by atoms with E-state index in [9.17, 15) is 31.1 Å². The highest BCUT2D eigenvalue weighted by Gasteiger charge is 2.60. The number of amides is 1. The van der Waals surface area contributed by atoms with E-state index in [2.05, 4.69) is 15.9 Å². The molecule has 1 aromatic carbocycles. The van der Waals surface area contributed by atoms with Crippen LogP contribution in [0.15, 0.2) is 24.3 Å². The van der Waals surface area contributed by atoms with Gasteiger partial charge in [-0.05, 0) is 11.1 Å². The van der Waals surface area contributed by atoms with Gasteiger partial charge in [-0.3, -0.25) is 4.79 Å². The molecule has 0 spiro atoms. The maximum Gasteiger partial charge on any atom is 0.409 e. The monoisotopic (exact) mass is 377 g/mol. The topological polar surface area (TPSA) is 29.1 Å². The molecule has 0 heterocycles. The number of rotatable bonds is 4. The number of hydrogen-bond donors (Lipinski definition) is 1. The lowest BCUT2D eigenvalue weighted by Crippen LogP contribution is -2.47. The molecule has 0 unspecified atom stereocenters. The van der Waals surface area contributed by atoms with E-state index in [0.29, 0.717) is 10.9 Å². The highest BCUT2D eigenvalue weighted by atomic mass is 79.9. The molecule has 0 bridgehead atoms. The average molecular weight is 378 g/mol. The molecule has 0 fully saturated rings. The fourth-order valence-corrected chi connectivity index (χ4v) is 1.89. The van der Waals surface area contributed by atoms with Crippen molar-refractivity contribution in [1.29, 1.82) is 0 Å². The number of hydrogen-bond acceptors (Lipinski definition) is 1. The molecule has 2 nitrogen and oxygen atoms in total. The van der Waals surface area contributed by atoms with Gasteiger partial charge in [-0.1, -0.05) is 40.2 Å². The molecule has 0 radical (unpaired) electrons. The van der Waals surface area contributed by atoms with Crippen LogP contribution in [0.5, 0.6) is 0 Å². The number of benzene rings is 1. The Morgan fingerprint density at radius 1 is 1.00 bits per heavy atom. The summed E-state index contributed by atoms with van der Waals surface area (Å²) in [6, 6.07) is 6.29. The van der Waals surface area contributed by atoms with E-state index in [1.807, 2.05) is 0 Å². The van der Waals surface area contributed by atoms with Crippen molar-refractivity contribution < 1.29 is 31.1 Å². The Balaban J connectivity index is 2.74. The van der Waals surface area contributed by atoms with E-state index in [-0.39, 0.29) is 0 Å². The first-order valence-corrected chi connectivity index (χ1v) is 6.72. The van der Waals surface area contributed by atoms with Crippen molar-refractivity contribution in [3.8, 4) is 0 Å². The van der Waals surface area contributed by atoms with Gasteiger partial charge in [0, 0.05) is 11.9 Å². The molecule has 0 saturated heterocycles. The normalized spacial score (nSPS) is 12.6. The zero-order valence-electron chi connectivity index (χ0n) is 10.4. The van der Waals surface area contributed by atoms with E-state index >= 15 is 0 Å². The number of carbonyl (C=O) groups is 1. The number of alkyl halides is 7. The summed E-state index contributed by atoms with van der Waals surface area (Å²) in [5.74, 6) is -6.13. The molecule has 1 N–H and O–H groups in total. The van der Waals surface area contributed by atoms with Gasteiger partial charge in [-0.2, -0.15) is 26.3 Å². The zero-order chi connectivity index (χ0) is 16.3. The molecule has 118 valence electrons. The van der Waals surface area contributed by atoms with Crippen LogP contribution in [-0.4, -0.2) is 18.3 Å². The van der Waals surface area contributed by atoms with Crippen molar-refractivity contribution in [2.45, 2.75) is 24.2 Å². The second kappa shape index (κ2) is 6.67. The SMILES string of the molecule is O=C(NCc1ccc(CBr)cc1)C(C(F)(F)F)C(F)(F)F. The van der Waals surface area contributed by atoms with Gasteiger partial charge >= 0.3 is 12.4 Å². The third-order valence-electron chi connectivity index (χ3n) is 2.56. The second-order valence-electron chi connectivity index (χ2n) is 4.18. The Kier molecular flexibility index (Phi) is 5.66. The number of carbonyl (C=O) groups excluding carboxylic acids is 1. The number of nitrogens with one attached hydrogen (secondary N) is 1. The van der Waals surface area contributed by atoms with Gasteiger partial charge in [-0.15, -0.1) is 0 Å². The van der Waals surface area contributed by atoms with Crippen LogP contribution in [-0.2, 0) is 16.7 Å². The molecular weight excluding hydrogens is 368 g/mol. The molecule has 1 rings (SSSR count). The summed E-state index contributed by atoms with van der Waals surface area (Å²) in [4.78, 5) is 11.2. The Labute approximate surface area is 124 Å². The molecule has 21 heavy (non-hydrogen) atoms. The van der Waals surface area contributed by atoms with E-state index in [1.54, 1.807) is 17.4 Å². The highest BCUT2D eigenvalue weighted by Crippen LogP contribution is 2.39. The van der Waals surface area contributed by atoms with Gasteiger partial charge in [-0.25, -0.2) is 0 Å². The largest absolute Gasteiger partial charge is 0.409 e. The Hall–Kier alpha value is -1.25. The first kappa shape index (κ1) is 17.8. The number of halogens is 7. The van der Waals surface area contributed by atoms with Gasteiger partial charge in [0.1, 0.15) is 0 Å². The molecule has 0 aliphatic rings. The Bertz CT molecular complexity index is 468. The first-order valence-electron chi connectivity index (χ1n) is 5.60. The quantitative estimate of drug-likeness (QED) is 0.624. The van der Waals surface area contributed by atoms with Gasteiger partial charge < -0.3 is 5.32 Å². The van der Waals surface area contributed by atoms with E-state index < -0.39 is 30.7 Å². The van der Waals surface area contributed by atoms with E-state index in [0.717, 1.165) is 5.56 Å². The molecule has 0 atom stereocenters. The van der Waals surface area contributed by atoms with Gasteiger partial charge in [0.05, 0.1) is 0 Å². The van der Waals surface area contributed by atoms with Crippen LogP contribution in [0.4, 0.5) is 26.3 Å². The highest BCUT2D eigenvalue weighted by molar-refractivity contribution is 9.08. The predicted molar refractivity (Wildman–Crippen MR) is 66.5 cm³/mol. The molecule has 0 aliphatic heterocycles. The van der Waals surface area contributed by atoms with Crippen LogP contribution in [0.25, 0.3) is 0 Å². The molecule has 1 amide bonds. The Morgan fingerprint density at radius 2 is 1.43 bits per heavy atom. The van der Waals surface area contributed by atoms with Crippen LogP contribution in [0.3, 0.4) is 0 Å². The van der Waals surface area contributed by atoms with Crippen LogP contribution in [0.1, 0.15) is 11.1 Å². The summed E-state index contributed by atoms with van der Waals surface area (Å²) < 4.78 is 73.8. The van der Waals surface area contributed by atoms with Crippen LogP contribution in [0.2, 0.25) is 0 Å². The fourth-order valence-electron chi connectivity index (χ4n) is 1.52. The molecular formula is C12H10BrF6NO. The van der Waals surface area contributed by atoms with Crippen LogP contribution < -0.4 is 5.32 Å². The average Bonchev–Trinajstić information content (AvgIpc) is 2.33. The summed E-state index contributed by atoms with van der Waals surface area (Å²) >= 11 is 3.19.